The van der Waals surface area contributed by atoms with E-state index < -0.39 is 0 Å². The van der Waals surface area contributed by atoms with Gasteiger partial charge < -0.3 is 20.9 Å². The fraction of sp³-hybridized carbons (Fsp3) is 0.308. The number of benzene rings is 2. The zero-order chi connectivity index (χ0) is 22.7. The van der Waals surface area contributed by atoms with Gasteiger partial charge in [0.05, 0.1) is 17.8 Å². The van der Waals surface area contributed by atoms with Gasteiger partial charge in [0.15, 0.2) is 0 Å². The molecule has 1 aliphatic rings. The van der Waals surface area contributed by atoms with Crippen LogP contribution in [0, 0.1) is 6.92 Å². The van der Waals surface area contributed by atoms with E-state index in [4.69, 9.17) is 10.5 Å². The molecular weight excluding hydrogens is 402 g/mol. The number of rotatable bonds is 7. The van der Waals surface area contributed by atoms with Gasteiger partial charge in [-0.05, 0) is 68.0 Å². The highest BCUT2D eigenvalue weighted by Gasteiger charge is 2.17. The first kappa shape index (κ1) is 21.7. The molecule has 6 nitrogen and oxygen atoms in total. The molecule has 2 aromatic carbocycles. The first-order valence-electron chi connectivity index (χ1n) is 11.0. The number of anilines is 2. The lowest BCUT2D eigenvalue weighted by molar-refractivity contribution is -0.143. The smallest absolute Gasteiger partial charge is 0.306 e. The van der Waals surface area contributed by atoms with Gasteiger partial charge in [0.1, 0.15) is 11.6 Å². The van der Waals surface area contributed by atoms with E-state index in [1.54, 1.807) is 12.1 Å². The summed E-state index contributed by atoms with van der Waals surface area (Å²) in [7, 11) is 0. The van der Waals surface area contributed by atoms with Crippen LogP contribution in [-0.4, -0.2) is 29.2 Å². The minimum atomic E-state index is -0.189. The molecule has 6 heteroatoms. The van der Waals surface area contributed by atoms with Crippen LogP contribution in [0.15, 0.2) is 42.0 Å². The van der Waals surface area contributed by atoms with Crippen LogP contribution >= 0.6 is 0 Å². The molecule has 166 valence electrons. The number of aryl methyl sites for hydroxylation is 3. The van der Waals surface area contributed by atoms with Crippen molar-refractivity contribution < 1.29 is 14.6 Å². The number of hydrogen-bond donors (Lipinski definition) is 3. The van der Waals surface area contributed by atoms with Crippen molar-refractivity contribution in [3.8, 4) is 5.75 Å². The number of phenolic OH excluding ortho intramolecular Hbond substituents is 1. The Kier molecular flexibility index (Phi) is 6.30. The Morgan fingerprint density at radius 2 is 2.03 bits per heavy atom. The molecule has 1 aliphatic heterocycles. The Hall–Kier alpha value is -3.54. The standard InChI is InChI=1S/C26H29N3O3/c1-3-32-24(31)11-6-17-5-10-21-22-13-18(4-7-19-8-9-20(30)12-16(19)2)15-28-25(22)26(27)29-23(21)14-17/h5,8-10,12-14,28,30H,3-4,6-7,11,15H2,1-2H3,(H2,27,29). The van der Waals surface area contributed by atoms with E-state index in [9.17, 15) is 9.90 Å². The minimum absolute atomic E-state index is 0.189. The summed E-state index contributed by atoms with van der Waals surface area (Å²) in [6.07, 6.45) is 5.01. The van der Waals surface area contributed by atoms with Crippen LogP contribution in [0.5, 0.6) is 5.75 Å². The van der Waals surface area contributed by atoms with Gasteiger partial charge in [-0.3, -0.25) is 4.79 Å². The molecule has 0 aliphatic carbocycles. The largest absolute Gasteiger partial charge is 0.508 e. The maximum absolute atomic E-state index is 11.7. The first-order chi connectivity index (χ1) is 15.4. The Balaban J connectivity index is 1.57. The average Bonchev–Trinajstić information content (AvgIpc) is 2.77. The van der Waals surface area contributed by atoms with Crippen molar-refractivity contribution >= 4 is 34.5 Å². The number of pyridine rings is 1. The summed E-state index contributed by atoms with van der Waals surface area (Å²) < 4.78 is 5.02. The summed E-state index contributed by atoms with van der Waals surface area (Å²) in [6, 6.07) is 11.6. The lowest BCUT2D eigenvalue weighted by atomic mass is 9.94. The van der Waals surface area contributed by atoms with Crippen molar-refractivity contribution in [1.29, 1.82) is 0 Å². The number of aromatic hydroxyl groups is 1. The van der Waals surface area contributed by atoms with Gasteiger partial charge in [0.25, 0.3) is 0 Å². The quantitative estimate of drug-likeness (QED) is 0.466. The highest BCUT2D eigenvalue weighted by atomic mass is 16.5. The lowest BCUT2D eigenvalue weighted by Crippen LogP contribution is -2.14. The Bertz CT molecular complexity index is 1200. The topological polar surface area (TPSA) is 97.5 Å². The van der Waals surface area contributed by atoms with Gasteiger partial charge >= 0.3 is 5.97 Å². The van der Waals surface area contributed by atoms with E-state index in [0.29, 0.717) is 31.0 Å². The van der Waals surface area contributed by atoms with Crippen molar-refractivity contribution in [2.24, 2.45) is 0 Å². The van der Waals surface area contributed by atoms with Crippen molar-refractivity contribution in [1.82, 2.24) is 4.98 Å². The van der Waals surface area contributed by atoms with Crippen LogP contribution < -0.4 is 11.1 Å². The predicted molar refractivity (Wildman–Crippen MR) is 129 cm³/mol. The molecule has 0 bridgehead atoms. The van der Waals surface area contributed by atoms with Gasteiger partial charge in [-0.25, -0.2) is 4.98 Å². The van der Waals surface area contributed by atoms with E-state index in [1.807, 2.05) is 32.0 Å². The number of phenols is 1. The normalized spacial score (nSPS) is 12.8. The lowest BCUT2D eigenvalue weighted by Gasteiger charge is -2.22. The fourth-order valence-electron chi connectivity index (χ4n) is 4.20. The molecule has 0 saturated heterocycles. The molecule has 0 spiro atoms. The molecule has 0 amide bonds. The summed E-state index contributed by atoms with van der Waals surface area (Å²) in [4.78, 5) is 16.3. The highest BCUT2D eigenvalue weighted by Crippen LogP contribution is 2.35. The molecule has 0 saturated carbocycles. The van der Waals surface area contributed by atoms with E-state index in [1.165, 1.54) is 11.1 Å². The summed E-state index contributed by atoms with van der Waals surface area (Å²) in [5.74, 6) is 0.598. The number of ether oxygens (including phenoxy) is 1. The van der Waals surface area contributed by atoms with E-state index in [0.717, 1.165) is 52.7 Å². The number of carbonyl (C=O) groups excluding carboxylic acids is 1. The van der Waals surface area contributed by atoms with Crippen LogP contribution in [0.25, 0.3) is 17.0 Å². The van der Waals surface area contributed by atoms with Gasteiger partial charge in [-0.2, -0.15) is 0 Å². The number of nitrogens with zero attached hydrogens (tertiary/aromatic N) is 1. The molecular formula is C26H29N3O3. The predicted octanol–water partition coefficient (Wildman–Crippen LogP) is 4.77. The van der Waals surface area contributed by atoms with Crippen LogP contribution in [0.4, 0.5) is 11.5 Å². The number of aromatic nitrogens is 1. The third kappa shape index (κ3) is 4.69. The maximum atomic E-state index is 11.7. The molecule has 4 N–H and O–H groups in total. The summed E-state index contributed by atoms with van der Waals surface area (Å²) in [5.41, 5.74) is 13.7. The maximum Gasteiger partial charge on any atom is 0.306 e. The number of esters is 1. The SMILES string of the molecule is CCOC(=O)CCc1ccc2c3c(c(N)nc2c1)NCC(CCc1ccc(O)cc1C)=C3. The van der Waals surface area contributed by atoms with Crippen LogP contribution in [0.1, 0.15) is 42.0 Å². The number of hydrogen-bond acceptors (Lipinski definition) is 6. The fourth-order valence-corrected chi connectivity index (χ4v) is 4.20. The highest BCUT2D eigenvalue weighted by molar-refractivity contribution is 5.98. The van der Waals surface area contributed by atoms with Crippen molar-refractivity contribution in [2.75, 3.05) is 24.2 Å². The second kappa shape index (κ2) is 9.30. The van der Waals surface area contributed by atoms with Crippen LogP contribution in [-0.2, 0) is 22.4 Å². The van der Waals surface area contributed by atoms with E-state index in [-0.39, 0.29) is 5.97 Å². The third-order valence-corrected chi connectivity index (χ3v) is 5.92. The van der Waals surface area contributed by atoms with Crippen LogP contribution in [0.2, 0.25) is 0 Å². The van der Waals surface area contributed by atoms with Gasteiger partial charge in [-0.15, -0.1) is 0 Å². The molecule has 32 heavy (non-hydrogen) atoms. The molecule has 0 fully saturated rings. The molecule has 4 rings (SSSR count). The zero-order valence-electron chi connectivity index (χ0n) is 18.6. The molecule has 1 aromatic heterocycles. The van der Waals surface area contributed by atoms with E-state index >= 15 is 0 Å². The summed E-state index contributed by atoms with van der Waals surface area (Å²) in [5, 5.41) is 14.1. The van der Waals surface area contributed by atoms with Gasteiger partial charge in [0.2, 0.25) is 0 Å². The number of carbonyl (C=O) groups is 1. The number of fused-ring (bicyclic) bond motifs is 3. The Morgan fingerprint density at radius 3 is 2.81 bits per heavy atom. The molecule has 0 atom stereocenters. The van der Waals surface area contributed by atoms with Crippen molar-refractivity contribution in [3.05, 3.63) is 64.2 Å². The number of nitrogens with two attached hydrogens (primary N) is 1. The van der Waals surface area contributed by atoms with Gasteiger partial charge in [-0.1, -0.05) is 29.8 Å². The second-order valence-corrected chi connectivity index (χ2v) is 8.21. The second-order valence-electron chi connectivity index (χ2n) is 8.21. The zero-order valence-corrected chi connectivity index (χ0v) is 18.6. The van der Waals surface area contributed by atoms with E-state index in [2.05, 4.69) is 22.4 Å². The molecule has 0 unspecified atom stereocenters. The Morgan fingerprint density at radius 1 is 1.19 bits per heavy atom. The van der Waals surface area contributed by atoms with Crippen LogP contribution in [0.3, 0.4) is 0 Å². The molecule has 3 aromatic rings. The molecule has 0 radical (unpaired) electrons. The monoisotopic (exact) mass is 431 g/mol. The first-order valence-corrected chi connectivity index (χ1v) is 11.0. The van der Waals surface area contributed by atoms with Crippen molar-refractivity contribution in [2.45, 2.75) is 39.5 Å². The summed E-state index contributed by atoms with van der Waals surface area (Å²) >= 11 is 0. The van der Waals surface area contributed by atoms with Crippen molar-refractivity contribution in [3.63, 3.8) is 0 Å². The third-order valence-electron chi connectivity index (χ3n) is 5.92. The Labute approximate surface area is 188 Å². The number of nitrogens with one attached hydrogen (secondary N) is 1. The van der Waals surface area contributed by atoms with Gasteiger partial charge in [0, 0.05) is 23.9 Å². The number of nitrogen functional groups attached to an aromatic ring is 1. The minimum Gasteiger partial charge on any atom is -0.508 e. The summed E-state index contributed by atoms with van der Waals surface area (Å²) in [6.45, 7) is 4.97. The molecule has 2 heterocycles. The average molecular weight is 432 g/mol.